The van der Waals surface area contributed by atoms with E-state index in [2.05, 4.69) is 17.2 Å². The highest BCUT2D eigenvalue weighted by molar-refractivity contribution is 7.13. The summed E-state index contributed by atoms with van der Waals surface area (Å²) in [5.41, 5.74) is 1.67. The van der Waals surface area contributed by atoms with Gasteiger partial charge in [-0.25, -0.2) is 4.98 Å². The van der Waals surface area contributed by atoms with E-state index in [0.717, 1.165) is 28.4 Å². The molecular formula is C18H24N2O2S. The van der Waals surface area contributed by atoms with Crippen molar-refractivity contribution in [3.05, 3.63) is 35.3 Å². The first-order chi connectivity index (χ1) is 10.9. The first-order valence-electron chi connectivity index (χ1n) is 7.92. The van der Waals surface area contributed by atoms with Gasteiger partial charge in [0.2, 0.25) is 5.91 Å². The Balaban J connectivity index is 2.01. The fraction of sp³-hybridized carbons (Fsp3) is 0.444. The number of aromatic nitrogens is 1. The molecule has 0 aliphatic rings. The molecule has 2 aromatic rings. The van der Waals surface area contributed by atoms with Gasteiger partial charge in [-0.3, -0.25) is 4.79 Å². The number of hydrogen-bond donors (Lipinski definition) is 1. The van der Waals surface area contributed by atoms with Gasteiger partial charge in [0, 0.05) is 16.5 Å². The summed E-state index contributed by atoms with van der Waals surface area (Å²) >= 11 is 1.56. The Morgan fingerprint density at radius 2 is 1.96 bits per heavy atom. The number of nitrogens with zero attached hydrogens (tertiary/aromatic N) is 1. The number of amides is 1. The Bertz CT molecular complexity index is 647. The molecule has 0 fully saturated rings. The molecule has 4 nitrogen and oxygen atoms in total. The number of hydrogen-bond acceptors (Lipinski definition) is 4. The lowest BCUT2D eigenvalue weighted by Crippen LogP contribution is -2.43. The van der Waals surface area contributed by atoms with Gasteiger partial charge >= 0.3 is 0 Å². The maximum absolute atomic E-state index is 12.1. The van der Waals surface area contributed by atoms with E-state index in [4.69, 9.17) is 4.74 Å². The average Bonchev–Trinajstić information content (AvgIpc) is 2.96. The van der Waals surface area contributed by atoms with Crippen LogP contribution in [0.3, 0.4) is 0 Å². The molecule has 5 heteroatoms. The van der Waals surface area contributed by atoms with Crippen molar-refractivity contribution in [3.8, 4) is 16.3 Å². The van der Waals surface area contributed by atoms with Crippen molar-refractivity contribution in [2.45, 2.75) is 46.1 Å². The van der Waals surface area contributed by atoms with Crippen molar-refractivity contribution in [2.75, 3.05) is 6.61 Å². The molecule has 1 amide bonds. The minimum atomic E-state index is -0.176. The lowest BCUT2D eigenvalue weighted by Gasteiger charge is -2.24. The molecule has 2 rings (SSSR count). The van der Waals surface area contributed by atoms with Gasteiger partial charge < -0.3 is 10.1 Å². The molecule has 1 aromatic heterocycles. The van der Waals surface area contributed by atoms with Crippen molar-refractivity contribution in [1.29, 1.82) is 0 Å². The van der Waals surface area contributed by atoms with Crippen LogP contribution in [0.1, 0.15) is 39.8 Å². The molecule has 1 heterocycles. The molecule has 0 atom stereocenters. The zero-order chi connectivity index (χ0) is 16.9. The molecule has 1 N–H and O–H groups in total. The quantitative estimate of drug-likeness (QED) is 0.832. The molecule has 23 heavy (non-hydrogen) atoms. The maximum Gasteiger partial charge on any atom is 0.226 e. The summed E-state index contributed by atoms with van der Waals surface area (Å²) in [5.74, 6) is 0.870. The minimum Gasteiger partial charge on any atom is -0.494 e. The first kappa shape index (κ1) is 17.5. The summed E-state index contributed by atoms with van der Waals surface area (Å²) in [4.78, 5) is 16.7. The van der Waals surface area contributed by atoms with E-state index in [-0.39, 0.29) is 11.4 Å². The Morgan fingerprint density at radius 1 is 1.26 bits per heavy atom. The van der Waals surface area contributed by atoms with Gasteiger partial charge in [0.1, 0.15) is 10.8 Å². The van der Waals surface area contributed by atoms with Crippen LogP contribution in [-0.2, 0) is 11.2 Å². The highest BCUT2D eigenvalue weighted by Crippen LogP contribution is 2.26. The summed E-state index contributed by atoms with van der Waals surface area (Å²) in [5, 5.41) is 5.90. The minimum absolute atomic E-state index is 0.0143. The summed E-state index contributed by atoms with van der Waals surface area (Å²) < 4.78 is 5.44. The highest BCUT2D eigenvalue weighted by Gasteiger charge is 2.18. The van der Waals surface area contributed by atoms with Gasteiger partial charge in [-0.05, 0) is 51.5 Å². The first-order valence-corrected chi connectivity index (χ1v) is 8.80. The summed E-state index contributed by atoms with van der Waals surface area (Å²) in [7, 11) is 0. The molecule has 1 aromatic carbocycles. The van der Waals surface area contributed by atoms with E-state index in [9.17, 15) is 4.79 Å². The topological polar surface area (TPSA) is 51.2 Å². The monoisotopic (exact) mass is 332 g/mol. The van der Waals surface area contributed by atoms with E-state index >= 15 is 0 Å². The van der Waals surface area contributed by atoms with E-state index < -0.39 is 0 Å². The predicted octanol–water partition coefficient (Wildman–Crippen LogP) is 4.06. The highest BCUT2D eigenvalue weighted by atomic mass is 32.1. The summed E-state index contributed by atoms with van der Waals surface area (Å²) in [6.45, 7) is 8.73. The lowest BCUT2D eigenvalue weighted by molar-refractivity contribution is -0.122. The Morgan fingerprint density at radius 3 is 2.57 bits per heavy atom. The van der Waals surface area contributed by atoms with Crippen LogP contribution in [0.4, 0.5) is 0 Å². The van der Waals surface area contributed by atoms with Crippen LogP contribution in [0.15, 0.2) is 29.6 Å². The Labute approximate surface area is 141 Å². The molecular weight excluding hydrogens is 308 g/mol. The van der Waals surface area contributed by atoms with Gasteiger partial charge in [-0.1, -0.05) is 6.92 Å². The molecule has 0 aliphatic heterocycles. The van der Waals surface area contributed by atoms with E-state index in [1.165, 1.54) is 0 Å². The van der Waals surface area contributed by atoms with Crippen molar-refractivity contribution in [2.24, 2.45) is 0 Å². The number of carbonyl (C=O) groups excluding carboxylic acids is 1. The molecule has 0 unspecified atom stereocenters. The third kappa shape index (κ3) is 5.06. The lowest BCUT2D eigenvalue weighted by atomic mass is 10.0. The predicted molar refractivity (Wildman–Crippen MR) is 94.9 cm³/mol. The van der Waals surface area contributed by atoms with Crippen LogP contribution in [0, 0.1) is 0 Å². The van der Waals surface area contributed by atoms with Crippen molar-refractivity contribution in [1.82, 2.24) is 10.3 Å². The molecule has 0 spiro atoms. The van der Waals surface area contributed by atoms with Crippen LogP contribution in [-0.4, -0.2) is 23.0 Å². The molecule has 0 saturated heterocycles. The van der Waals surface area contributed by atoms with Crippen molar-refractivity contribution in [3.63, 3.8) is 0 Å². The standard InChI is InChI=1S/C18H24N2O2S/c1-5-18(3,4)20-16(21)11-14-12-23-17(19-14)13-7-9-15(10-8-13)22-6-2/h7-10,12H,5-6,11H2,1-4H3,(H,20,21). The van der Waals surface area contributed by atoms with Crippen molar-refractivity contribution < 1.29 is 9.53 Å². The zero-order valence-electron chi connectivity index (χ0n) is 14.2. The fourth-order valence-electron chi connectivity index (χ4n) is 2.06. The number of thiazole rings is 1. The number of nitrogens with one attached hydrogen (secondary N) is 1. The van der Waals surface area contributed by atoms with Crippen LogP contribution >= 0.6 is 11.3 Å². The maximum atomic E-state index is 12.1. The largest absolute Gasteiger partial charge is 0.494 e. The molecule has 0 radical (unpaired) electrons. The number of rotatable bonds is 7. The zero-order valence-corrected chi connectivity index (χ0v) is 15.0. The number of ether oxygens (including phenoxy) is 1. The normalized spacial score (nSPS) is 11.3. The second-order valence-corrected chi connectivity index (χ2v) is 6.92. The molecule has 0 saturated carbocycles. The van der Waals surface area contributed by atoms with E-state index in [1.807, 2.05) is 50.4 Å². The SMILES string of the molecule is CCOc1ccc(-c2nc(CC(=O)NC(C)(C)CC)cs2)cc1. The van der Waals surface area contributed by atoms with Crippen LogP contribution in [0.5, 0.6) is 5.75 Å². The van der Waals surface area contributed by atoms with Gasteiger partial charge in [-0.2, -0.15) is 0 Å². The summed E-state index contributed by atoms with van der Waals surface area (Å²) in [6, 6.07) is 7.87. The molecule has 0 bridgehead atoms. The Hall–Kier alpha value is -1.88. The van der Waals surface area contributed by atoms with Crippen LogP contribution in [0.2, 0.25) is 0 Å². The van der Waals surface area contributed by atoms with E-state index in [0.29, 0.717) is 13.0 Å². The third-order valence-electron chi connectivity index (χ3n) is 3.67. The molecule has 0 aliphatic carbocycles. The van der Waals surface area contributed by atoms with Gasteiger partial charge in [0.05, 0.1) is 18.7 Å². The fourth-order valence-corrected chi connectivity index (χ4v) is 2.88. The average molecular weight is 332 g/mol. The summed E-state index contributed by atoms with van der Waals surface area (Å²) in [6.07, 6.45) is 1.21. The Kier molecular flexibility index (Phi) is 5.77. The second-order valence-electron chi connectivity index (χ2n) is 6.06. The van der Waals surface area contributed by atoms with Crippen LogP contribution < -0.4 is 10.1 Å². The molecule has 124 valence electrons. The number of carbonyl (C=O) groups is 1. The van der Waals surface area contributed by atoms with Gasteiger partial charge in [0.15, 0.2) is 0 Å². The van der Waals surface area contributed by atoms with Crippen LogP contribution in [0.25, 0.3) is 10.6 Å². The smallest absolute Gasteiger partial charge is 0.226 e. The van der Waals surface area contributed by atoms with Gasteiger partial charge in [0.25, 0.3) is 0 Å². The van der Waals surface area contributed by atoms with E-state index in [1.54, 1.807) is 11.3 Å². The van der Waals surface area contributed by atoms with Crippen molar-refractivity contribution >= 4 is 17.2 Å². The van der Waals surface area contributed by atoms with Gasteiger partial charge in [-0.15, -0.1) is 11.3 Å². The third-order valence-corrected chi connectivity index (χ3v) is 4.61. The number of benzene rings is 1. The second kappa shape index (κ2) is 7.59.